The molecule has 0 atom stereocenters. The number of rotatable bonds is 1. The van der Waals surface area contributed by atoms with Gasteiger partial charge in [0.05, 0.1) is 5.02 Å². The predicted molar refractivity (Wildman–Crippen MR) is 41.4 cm³/mol. The van der Waals surface area contributed by atoms with Gasteiger partial charge in [-0.25, -0.2) is 4.39 Å². The van der Waals surface area contributed by atoms with Gasteiger partial charge >= 0.3 is 10.2 Å². The molecule has 0 aliphatic carbocycles. The summed E-state index contributed by atoms with van der Waals surface area (Å²) >= 11 is 5.17. The second kappa shape index (κ2) is 3.12. The number of phenols is 1. The van der Waals surface area contributed by atoms with Gasteiger partial charge in [-0.3, -0.25) is 0 Å². The van der Waals surface area contributed by atoms with Crippen LogP contribution in [0.25, 0.3) is 0 Å². The largest absolute Gasteiger partial charge is 0.506 e. The third-order valence-corrected chi connectivity index (χ3v) is 2.44. The summed E-state index contributed by atoms with van der Waals surface area (Å²) < 4.78 is 45.8. The van der Waals surface area contributed by atoms with Gasteiger partial charge in [-0.1, -0.05) is 11.6 Å². The standard InChI is InChI=1S/C6H3ClF2O3S/c7-3-1-2-4(10)6(5(3)8)13(9,11)12/h1-2,10H. The number of hydrogen-bond donors (Lipinski definition) is 1. The quantitative estimate of drug-likeness (QED) is 0.747. The maximum atomic E-state index is 12.8. The fraction of sp³-hybridized carbons (Fsp3) is 0. The molecule has 1 N–H and O–H groups in total. The van der Waals surface area contributed by atoms with Gasteiger partial charge in [0.25, 0.3) is 0 Å². The number of phenolic OH excluding ortho intramolecular Hbond substituents is 1. The smallest absolute Gasteiger partial charge is 0.338 e. The van der Waals surface area contributed by atoms with Crippen molar-refractivity contribution in [2.45, 2.75) is 4.90 Å². The zero-order chi connectivity index (χ0) is 10.2. The summed E-state index contributed by atoms with van der Waals surface area (Å²) in [6.45, 7) is 0. The molecule has 0 aromatic heterocycles. The van der Waals surface area contributed by atoms with E-state index in [2.05, 4.69) is 0 Å². The van der Waals surface area contributed by atoms with Crippen molar-refractivity contribution in [3.05, 3.63) is 23.0 Å². The fourth-order valence-electron chi connectivity index (χ4n) is 0.754. The van der Waals surface area contributed by atoms with Crippen LogP contribution >= 0.6 is 11.6 Å². The van der Waals surface area contributed by atoms with Crippen LogP contribution in [0.4, 0.5) is 8.28 Å². The minimum Gasteiger partial charge on any atom is -0.506 e. The van der Waals surface area contributed by atoms with E-state index in [0.717, 1.165) is 12.1 Å². The Kier molecular flexibility index (Phi) is 2.44. The second-order valence-electron chi connectivity index (χ2n) is 2.15. The highest BCUT2D eigenvalue weighted by Gasteiger charge is 2.24. The molecule has 0 heterocycles. The van der Waals surface area contributed by atoms with Crippen LogP contribution in [0.1, 0.15) is 0 Å². The molecule has 0 spiro atoms. The Hall–Kier alpha value is -0.880. The van der Waals surface area contributed by atoms with Crippen LogP contribution < -0.4 is 0 Å². The van der Waals surface area contributed by atoms with Crippen molar-refractivity contribution < 1.29 is 21.8 Å². The summed E-state index contributed by atoms with van der Waals surface area (Å²) in [5.41, 5.74) is 0. The lowest BCUT2D eigenvalue weighted by atomic mass is 10.3. The molecule has 1 rings (SSSR count). The molecular weight excluding hydrogens is 226 g/mol. The van der Waals surface area contributed by atoms with Gasteiger partial charge in [0.2, 0.25) is 0 Å². The highest BCUT2D eigenvalue weighted by molar-refractivity contribution is 7.86. The molecule has 3 nitrogen and oxygen atoms in total. The molecule has 0 saturated carbocycles. The van der Waals surface area contributed by atoms with E-state index in [1.54, 1.807) is 0 Å². The summed E-state index contributed by atoms with van der Waals surface area (Å²) in [7, 11) is -5.30. The van der Waals surface area contributed by atoms with Gasteiger partial charge in [-0.15, -0.1) is 3.89 Å². The average molecular weight is 229 g/mol. The molecule has 1 aromatic rings. The van der Waals surface area contributed by atoms with E-state index in [-0.39, 0.29) is 0 Å². The summed E-state index contributed by atoms with van der Waals surface area (Å²) in [5, 5.41) is 8.26. The summed E-state index contributed by atoms with van der Waals surface area (Å²) in [6.07, 6.45) is 0. The van der Waals surface area contributed by atoms with Crippen molar-refractivity contribution in [3.63, 3.8) is 0 Å². The maximum Gasteiger partial charge on any atom is 0.338 e. The van der Waals surface area contributed by atoms with Gasteiger partial charge in [0.15, 0.2) is 10.7 Å². The molecule has 0 unspecified atom stereocenters. The van der Waals surface area contributed by atoms with Gasteiger partial charge in [-0.05, 0) is 12.1 Å². The first-order chi connectivity index (χ1) is 5.84. The summed E-state index contributed by atoms with van der Waals surface area (Å²) in [4.78, 5) is -1.43. The SMILES string of the molecule is O=S(=O)(F)c1c(O)ccc(Cl)c1F. The van der Waals surface area contributed by atoms with Crippen molar-refractivity contribution in [1.29, 1.82) is 0 Å². The van der Waals surface area contributed by atoms with Crippen molar-refractivity contribution in [2.75, 3.05) is 0 Å². The third-order valence-electron chi connectivity index (χ3n) is 1.27. The number of hydrogen-bond acceptors (Lipinski definition) is 3. The van der Waals surface area contributed by atoms with E-state index in [4.69, 9.17) is 16.7 Å². The zero-order valence-electron chi connectivity index (χ0n) is 5.96. The van der Waals surface area contributed by atoms with Crippen LogP contribution in [0.3, 0.4) is 0 Å². The molecule has 13 heavy (non-hydrogen) atoms. The molecule has 0 fully saturated rings. The van der Waals surface area contributed by atoms with Crippen molar-refractivity contribution in [1.82, 2.24) is 0 Å². The Bertz CT molecular complexity index is 443. The van der Waals surface area contributed by atoms with Crippen LogP contribution in [-0.4, -0.2) is 13.5 Å². The zero-order valence-corrected chi connectivity index (χ0v) is 7.53. The first-order valence-electron chi connectivity index (χ1n) is 2.95. The molecule has 1 aromatic carbocycles. The van der Waals surface area contributed by atoms with Gasteiger partial charge in [0, 0.05) is 0 Å². The number of aromatic hydroxyl groups is 1. The Balaban J connectivity index is 3.62. The molecule has 0 amide bonds. The topological polar surface area (TPSA) is 54.4 Å². The highest BCUT2D eigenvalue weighted by atomic mass is 35.5. The molecule has 0 saturated heterocycles. The van der Waals surface area contributed by atoms with Gasteiger partial charge in [0.1, 0.15) is 5.75 Å². The van der Waals surface area contributed by atoms with Crippen molar-refractivity contribution in [2.24, 2.45) is 0 Å². The van der Waals surface area contributed by atoms with E-state index in [1.165, 1.54) is 0 Å². The third kappa shape index (κ3) is 1.89. The van der Waals surface area contributed by atoms with E-state index in [9.17, 15) is 16.7 Å². The van der Waals surface area contributed by atoms with E-state index < -0.39 is 31.7 Å². The fourth-order valence-corrected chi connectivity index (χ4v) is 1.61. The molecule has 0 radical (unpaired) electrons. The summed E-state index contributed by atoms with van der Waals surface area (Å²) in [5.74, 6) is -2.51. The minimum absolute atomic E-state index is 0.575. The minimum atomic E-state index is -5.30. The molecule has 72 valence electrons. The van der Waals surface area contributed by atoms with E-state index in [0.29, 0.717) is 0 Å². The average Bonchev–Trinajstić information content (AvgIpc) is 1.95. The number of benzene rings is 1. The monoisotopic (exact) mass is 228 g/mol. The molecule has 0 aliphatic heterocycles. The van der Waals surface area contributed by atoms with Crippen LogP contribution in [0.5, 0.6) is 5.75 Å². The molecule has 0 bridgehead atoms. The lowest BCUT2D eigenvalue weighted by Crippen LogP contribution is -1.97. The Morgan fingerprint density at radius 2 is 1.92 bits per heavy atom. The predicted octanol–water partition coefficient (Wildman–Crippen LogP) is 1.84. The van der Waals surface area contributed by atoms with Crippen molar-refractivity contribution in [3.8, 4) is 5.75 Å². The maximum absolute atomic E-state index is 12.8. The number of halogens is 3. The Labute approximate surface area is 77.8 Å². The Morgan fingerprint density at radius 1 is 1.38 bits per heavy atom. The lowest BCUT2D eigenvalue weighted by Gasteiger charge is -2.01. The van der Waals surface area contributed by atoms with E-state index >= 15 is 0 Å². The van der Waals surface area contributed by atoms with Crippen LogP contribution in [0, 0.1) is 5.82 Å². The molecule has 0 aliphatic rings. The lowest BCUT2D eigenvalue weighted by molar-refractivity contribution is 0.440. The molecular formula is C6H3ClF2O3S. The normalized spacial score (nSPS) is 11.6. The first-order valence-corrected chi connectivity index (χ1v) is 4.72. The second-order valence-corrected chi connectivity index (χ2v) is 3.84. The van der Waals surface area contributed by atoms with Crippen molar-refractivity contribution >= 4 is 21.8 Å². The Morgan fingerprint density at radius 3 is 2.31 bits per heavy atom. The van der Waals surface area contributed by atoms with Gasteiger partial charge < -0.3 is 5.11 Å². The van der Waals surface area contributed by atoms with Crippen LogP contribution in [0.2, 0.25) is 5.02 Å². The molecule has 7 heteroatoms. The van der Waals surface area contributed by atoms with Crippen LogP contribution in [-0.2, 0) is 10.2 Å². The van der Waals surface area contributed by atoms with Gasteiger partial charge in [-0.2, -0.15) is 8.42 Å². The summed E-state index contributed by atoms with van der Waals surface area (Å²) in [6, 6.07) is 1.71. The van der Waals surface area contributed by atoms with E-state index in [1.807, 2.05) is 0 Å². The highest BCUT2D eigenvalue weighted by Crippen LogP contribution is 2.31. The first kappa shape index (κ1) is 10.2. The van der Waals surface area contributed by atoms with Crippen LogP contribution in [0.15, 0.2) is 17.0 Å².